The molecule has 0 aliphatic carbocycles. The van der Waals surface area contributed by atoms with Gasteiger partial charge in [-0.1, -0.05) is 18.2 Å². The van der Waals surface area contributed by atoms with E-state index in [0.717, 1.165) is 14.5 Å². The van der Waals surface area contributed by atoms with Crippen LogP contribution in [0.4, 0.5) is 29.5 Å². The molecule has 0 unspecified atom stereocenters. The third kappa shape index (κ3) is 5.79. The minimum Gasteiger partial charge on any atom is -0.444 e. The van der Waals surface area contributed by atoms with Gasteiger partial charge in [-0.2, -0.15) is 18.3 Å². The number of hydrogen-bond donors (Lipinski definition) is 1. The van der Waals surface area contributed by atoms with E-state index >= 15 is 0 Å². The molecular formula is C20H22F3N5O5S. The Hall–Kier alpha value is -3.29. The molecule has 1 atom stereocenters. The summed E-state index contributed by atoms with van der Waals surface area (Å²) in [6.45, 7) is 4.47. The topological polar surface area (TPSA) is 120 Å². The first-order chi connectivity index (χ1) is 15.8. The number of alkyl halides is 3. The number of aryl methyl sites for hydroxylation is 1. The number of nitrogens with zero attached hydrogens (tertiary/aromatic N) is 4. The Balaban J connectivity index is 1.84. The first-order valence-corrected chi connectivity index (χ1v) is 11.1. The zero-order valence-electron chi connectivity index (χ0n) is 18.5. The minimum absolute atomic E-state index is 0.125. The molecule has 34 heavy (non-hydrogen) atoms. The Morgan fingerprint density at radius 3 is 2.47 bits per heavy atom. The second-order valence-corrected chi connectivity index (χ2v) is 9.48. The second-order valence-electron chi connectivity index (χ2n) is 8.31. The molecule has 14 heteroatoms. The lowest BCUT2D eigenvalue weighted by Gasteiger charge is -2.38. The van der Waals surface area contributed by atoms with Crippen molar-refractivity contribution < 1.29 is 32.4 Å². The first-order valence-electron chi connectivity index (χ1n) is 10.1. The maximum absolute atomic E-state index is 13.5. The first kappa shape index (κ1) is 25.3. The fourth-order valence-corrected chi connectivity index (χ4v) is 4.02. The van der Waals surface area contributed by atoms with Crippen molar-refractivity contribution in [3.63, 3.8) is 0 Å². The summed E-state index contributed by atoms with van der Waals surface area (Å²) in [6.07, 6.45) is -5.99. The van der Waals surface area contributed by atoms with Crippen molar-refractivity contribution in [2.75, 3.05) is 17.2 Å². The van der Waals surface area contributed by atoms with Crippen LogP contribution in [0.3, 0.4) is 0 Å². The maximum Gasteiger partial charge on any atom is 0.442 e. The number of rotatable bonds is 7. The van der Waals surface area contributed by atoms with Crippen molar-refractivity contribution in [3.8, 4) is 0 Å². The molecule has 3 rings (SSSR count). The third-order valence-electron chi connectivity index (χ3n) is 4.54. The van der Waals surface area contributed by atoms with Crippen LogP contribution in [0.25, 0.3) is 0 Å². The summed E-state index contributed by atoms with van der Waals surface area (Å²) in [5, 5.41) is 17.3. The summed E-state index contributed by atoms with van der Waals surface area (Å²) in [6, 6.07) is 7.93. The van der Waals surface area contributed by atoms with Gasteiger partial charge in [0, 0.05) is 10.6 Å². The van der Waals surface area contributed by atoms with Crippen LogP contribution in [0, 0.1) is 10.1 Å². The Morgan fingerprint density at radius 1 is 1.29 bits per heavy atom. The van der Waals surface area contributed by atoms with E-state index in [1.807, 2.05) is 18.2 Å². The van der Waals surface area contributed by atoms with E-state index in [9.17, 15) is 32.9 Å². The number of halogens is 3. The molecule has 184 valence electrons. The lowest BCUT2D eigenvalue weighted by molar-refractivity contribution is -0.387. The smallest absolute Gasteiger partial charge is 0.442 e. The highest BCUT2D eigenvalue weighted by atomic mass is 32.2. The van der Waals surface area contributed by atoms with Crippen molar-refractivity contribution in [2.45, 2.75) is 50.0 Å². The Bertz CT molecular complexity index is 1080. The number of nitrogens with one attached hydrogen (secondary N) is 1. The monoisotopic (exact) mass is 501 g/mol. The number of β-lactam (4-membered cyclic amide) rings is 1. The van der Waals surface area contributed by atoms with Crippen molar-refractivity contribution in [1.82, 2.24) is 15.1 Å². The SMILES string of the molecule is CC(C)(C)OC(=O)N[C@H]1CN(c2c([N+](=O)[O-])c(C(F)(F)F)nn2CCSc2ccccc2)C1=O. The fraction of sp³-hybridized carbons (Fsp3) is 0.450. The average Bonchev–Trinajstić information content (AvgIpc) is 3.09. The lowest BCUT2D eigenvalue weighted by Crippen LogP contribution is -2.65. The zero-order valence-corrected chi connectivity index (χ0v) is 19.3. The van der Waals surface area contributed by atoms with Crippen molar-refractivity contribution in [3.05, 3.63) is 46.1 Å². The van der Waals surface area contributed by atoms with Crippen LogP contribution in [0.5, 0.6) is 0 Å². The number of carbonyl (C=O) groups is 2. The molecule has 1 aromatic heterocycles. The molecule has 10 nitrogen and oxygen atoms in total. The average molecular weight is 501 g/mol. The number of ether oxygens (including phenoxy) is 1. The largest absolute Gasteiger partial charge is 0.444 e. The Labute approximate surface area is 196 Å². The van der Waals surface area contributed by atoms with Gasteiger partial charge in [0.1, 0.15) is 11.6 Å². The third-order valence-corrected chi connectivity index (χ3v) is 5.54. The molecule has 1 aliphatic heterocycles. The number of nitro groups is 1. The second kappa shape index (κ2) is 9.52. The van der Waals surface area contributed by atoms with Gasteiger partial charge in [-0.05, 0) is 32.9 Å². The van der Waals surface area contributed by atoms with Crippen LogP contribution < -0.4 is 10.2 Å². The van der Waals surface area contributed by atoms with Crippen molar-refractivity contribution in [1.29, 1.82) is 0 Å². The van der Waals surface area contributed by atoms with E-state index in [1.54, 1.807) is 32.9 Å². The summed E-state index contributed by atoms with van der Waals surface area (Å²) in [5.74, 6) is -1.13. The van der Waals surface area contributed by atoms with Crippen molar-refractivity contribution in [2.24, 2.45) is 0 Å². The number of thioether (sulfide) groups is 1. The Morgan fingerprint density at radius 2 is 1.94 bits per heavy atom. The molecule has 2 heterocycles. The number of anilines is 1. The van der Waals surface area contributed by atoms with Gasteiger partial charge < -0.3 is 10.1 Å². The van der Waals surface area contributed by atoms with Crippen LogP contribution in [0.15, 0.2) is 35.2 Å². The molecule has 1 saturated heterocycles. The molecule has 1 fully saturated rings. The number of aromatic nitrogens is 2. The standard InChI is InChI=1S/C20H22F3N5O5S/c1-19(2,3)33-18(30)24-13-11-26(17(13)29)16-14(28(31)32)15(20(21,22)23)25-27(16)9-10-34-12-7-5-4-6-8-12/h4-8,13H,9-11H2,1-3H3,(H,24,30)/t13-/m0/s1. The van der Waals surface area contributed by atoms with Gasteiger partial charge >= 0.3 is 18.0 Å². The molecule has 0 radical (unpaired) electrons. The molecular weight excluding hydrogens is 479 g/mol. The van der Waals surface area contributed by atoms with Gasteiger partial charge in [-0.3, -0.25) is 19.8 Å². The summed E-state index contributed by atoms with van der Waals surface area (Å²) in [4.78, 5) is 36.6. The van der Waals surface area contributed by atoms with Gasteiger partial charge in [0.15, 0.2) is 0 Å². The quantitative estimate of drug-likeness (QED) is 0.265. The molecule has 2 amide bonds. The summed E-state index contributed by atoms with van der Waals surface area (Å²) in [5.41, 5.74) is -3.82. The Kier molecular flexibility index (Phi) is 7.10. The predicted molar refractivity (Wildman–Crippen MR) is 117 cm³/mol. The zero-order chi connectivity index (χ0) is 25.3. The van der Waals surface area contributed by atoms with E-state index in [0.29, 0.717) is 0 Å². The van der Waals surface area contributed by atoms with Gasteiger partial charge in [0.2, 0.25) is 11.5 Å². The van der Waals surface area contributed by atoms with E-state index in [1.165, 1.54) is 11.8 Å². The highest BCUT2D eigenvalue weighted by Crippen LogP contribution is 2.43. The van der Waals surface area contributed by atoms with Crippen LogP contribution >= 0.6 is 11.8 Å². The minimum atomic E-state index is -5.10. The summed E-state index contributed by atoms with van der Waals surface area (Å²) in [7, 11) is 0. The molecule has 0 bridgehead atoms. The van der Waals surface area contributed by atoms with E-state index in [2.05, 4.69) is 10.4 Å². The number of alkyl carbamates (subject to hydrolysis) is 1. The lowest BCUT2D eigenvalue weighted by atomic mass is 10.1. The number of amides is 2. The van der Waals surface area contributed by atoms with Gasteiger partial charge in [-0.25, -0.2) is 9.48 Å². The molecule has 1 aromatic carbocycles. The predicted octanol–water partition coefficient (Wildman–Crippen LogP) is 3.84. The number of hydrogen-bond acceptors (Lipinski definition) is 7. The van der Waals surface area contributed by atoms with Crippen LogP contribution in [0.2, 0.25) is 0 Å². The molecule has 0 spiro atoms. The number of benzene rings is 1. The van der Waals surface area contributed by atoms with Gasteiger partial charge in [-0.15, -0.1) is 11.8 Å². The maximum atomic E-state index is 13.5. The van der Waals surface area contributed by atoms with Crippen LogP contribution in [0.1, 0.15) is 26.5 Å². The van der Waals surface area contributed by atoms with E-state index in [4.69, 9.17) is 4.74 Å². The van der Waals surface area contributed by atoms with Crippen LogP contribution in [-0.4, -0.2) is 50.6 Å². The molecule has 1 N–H and O–H groups in total. The van der Waals surface area contributed by atoms with Gasteiger partial charge in [0.25, 0.3) is 5.91 Å². The highest BCUT2D eigenvalue weighted by molar-refractivity contribution is 7.99. The normalized spacial score (nSPS) is 16.2. The number of carbonyl (C=O) groups excluding carboxylic acids is 2. The highest BCUT2D eigenvalue weighted by Gasteiger charge is 2.50. The molecule has 1 aliphatic rings. The fourth-order valence-electron chi connectivity index (χ4n) is 3.17. The van der Waals surface area contributed by atoms with Crippen LogP contribution in [-0.2, 0) is 22.3 Å². The summed E-state index contributed by atoms with van der Waals surface area (Å²) >= 11 is 1.32. The molecule has 0 saturated carbocycles. The van der Waals surface area contributed by atoms with Crippen molar-refractivity contribution >= 4 is 35.3 Å². The van der Waals surface area contributed by atoms with E-state index < -0.39 is 51.9 Å². The summed E-state index contributed by atoms with van der Waals surface area (Å²) < 4.78 is 46.4. The van der Waals surface area contributed by atoms with Gasteiger partial charge in [0.05, 0.1) is 18.0 Å². The van der Waals surface area contributed by atoms with E-state index in [-0.39, 0.29) is 18.8 Å². The molecule has 2 aromatic rings.